The molecule has 5 nitrogen and oxygen atoms in total. The van der Waals surface area contributed by atoms with E-state index in [1.165, 1.54) is 57.8 Å². The molecule has 0 aromatic carbocycles. The van der Waals surface area contributed by atoms with Gasteiger partial charge in [-0.05, 0) is 6.42 Å². The second kappa shape index (κ2) is 13.5. The normalized spacial score (nSPS) is 11.6. The smallest absolute Gasteiger partial charge is 0.305 e. The molecule has 5 heteroatoms. The van der Waals surface area contributed by atoms with E-state index in [1.54, 1.807) is 0 Å². The van der Waals surface area contributed by atoms with Crippen molar-refractivity contribution in [1.82, 2.24) is 0 Å². The van der Waals surface area contributed by atoms with Crippen molar-refractivity contribution in [3.05, 3.63) is 0 Å². The zero-order valence-electron chi connectivity index (χ0n) is 14.7. The van der Waals surface area contributed by atoms with Crippen LogP contribution in [0.1, 0.15) is 96.8 Å². The predicted octanol–water partition coefficient (Wildman–Crippen LogP) is 3.20. The first-order chi connectivity index (χ1) is 10.9. The van der Waals surface area contributed by atoms with E-state index in [0.717, 1.165) is 19.3 Å². The topological polar surface area (TPSA) is 101 Å². The number of rotatable bonds is 16. The molecule has 0 spiro atoms. The Morgan fingerprint density at radius 2 is 1.09 bits per heavy atom. The SMILES string of the molecule is CCCCCCCCCCCCCCCC(=O)C(O)(O)C(N)=O. The summed E-state index contributed by atoms with van der Waals surface area (Å²) in [5.41, 5.74) is 4.76. The molecule has 0 aliphatic heterocycles. The number of aliphatic hydroxyl groups is 2. The maximum absolute atomic E-state index is 11.4. The van der Waals surface area contributed by atoms with Gasteiger partial charge in [0.15, 0.2) is 0 Å². The number of ketones is 1. The molecular formula is C18H35NO4. The molecule has 0 aliphatic rings. The molecule has 0 aromatic rings. The maximum atomic E-state index is 11.4. The molecular weight excluding hydrogens is 294 g/mol. The van der Waals surface area contributed by atoms with E-state index < -0.39 is 17.5 Å². The molecule has 0 aliphatic carbocycles. The number of carbonyl (C=O) groups is 2. The third-order valence-electron chi connectivity index (χ3n) is 4.24. The van der Waals surface area contributed by atoms with Gasteiger partial charge in [0.05, 0.1) is 0 Å². The lowest BCUT2D eigenvalue weighted by Crippen LogP contribution is -2.50. The molecule has 0 bridgehead atoms. The molecule has 4 N–H and O–H groups in total. The number of nitrogens with two attached hydrogens (primary N) is 1. The minimum atomic E-state index is -3.00. The van der Waals surface area contributed by atoms with Crippen molar-refractivity contribution in [2.24, 2.45) is 5.73 Å². The average Bonchev–Trinajstić information content (AvgIpc) is 2.51. The maximum Gasteiger partial charge on any atom is 0.305 e. The summed E-state index contributed by atoms with van der Waals surface area (Å²) in [4.78, 5) is 22.1. The number of carbonyl (C=O) groups excluding carboxylic acids is 2. The quantitative estimate of drug-likeness (QED) is 0.230. The monoisotopic (exact) mass is 329 g/mol. The zero-order chi connectivity index (χ0) is 17.6. The number of hydrogen-bond donors (Lipinski definition) is 3. The van der Waals surface area contributed by atoms with Crippen LogP contribution in [0.25, 0.3) is 0 Å². The molecule has 0 rings (SSSR count). The number of amides is 1. The van der Waals surface area contributed by atoms with Gasteiger partial charge in [0, 0.05) is 6.42 Å². The Morgan fingerprint density at radius 1 is 0.739 bits per heavy atom. The minimum absolute atomic E-state index is 0.0201. The lowest BCUT2D eigenvalue weighted by molar-refractivity contribution is -0.188. The molecule has 0 fully saturated rings. The molecule has 0 radical (unpaired) electrons. The fraction of sp³-hybridized carbons (Fsp3) is 0.889. The highest BCUT2D eigenvalue weighted by Crippen LogP contribution is 2.14. The van der Waals surface area contributed by atoms with Gasteiger partial charge in [-0.25, -0.2) is 0 Å². The molecule has 136 valence electrons. The molecule has 0 saturated carbocycles. The van der Waals surface area contributed by atoms with Crippen LogP contribution < -0.4 is 5.73 Å². The van der Waals surface area contributed by atoms with Gasteiger partial charge in [0.1, 0.15) is 0 Å². The highest BCUT2D eigenvalue weighted by atomic mass is 16.5. The molecule has 0 heterocycles. The minimum Gasteiger partial charge on any atom is -0.365 e. The Bertz CT molecular complexity index is 329. The first-order valence-electron chi connectivity index (χ1n) is 9.20. The van der Waals surface area contributed by atoms with E-state index in [0.29, 0.717) is 6.42 Å². The van der Waals surface area contributed by atoms with Gasteiger partial charge in [-0.3, -0.25) is 9.59 Å². The summed E-state index contributed by atoms with van der Waals surface area (Å²) in [7, 11) is 0. The van der Waals surface area contributed by atoms with Gasteiger partial charge < -0.3 is 15.9 Å². The van der Waals surface area contributed by atoms with Crippen LogP contribution >= 0.6 is 0 Å². The summed E-state index contributed by atoms with van der Waals surface area (Å²) >= 11 is 0. The lowest BCUT2D eigenvalue weighted by Gasteiger charge is -2.15. The third kappa shape index (κ3) is 11.3. The van der Waals surface area contributed by atoms with Crippen molar-refractivity contribution < 1.29 is 19.8 Å². The number of hydrogen-bond acceptors (Lipinski definition) is 4. The van der Waals surface area contributed by atoms with E-state index in [4.69, 9.17) is 5.73 Å². The van der Waals surface area contributed by atoms with Crippen LogP contribution in [0.15, 0.2) is 0 Å². The van der Waals surface area contributed by atoms with Crippen molar-refractivity contribution >= 4 is 11.7 Å². The second-order valence-corrected chi connectivity index (χ2v) is 6.45. The number of unbranched alkanes of at least 4 members (excludes halogenated alkanes) is 12. The highest BCUT2D eigenvalue weighted by Gasteiger charge is 2.38. The lowest BCUT2D eigenvalue weighted by atomic mass is 10.0. The zero-order valence-corrected chi connectivity index (χ0v) is 14.7. The van der Waals surface area contributed by atoms with Crippen molar-refractivity contribution in [3.8, 4) is 0 Å². The van der Waals surface area contributed by atoms with Crippen molar-refractivity contribution in [2.75, 3.05) is 0 Å². The Morgan fingerprint density at radius 3 is 1.43 bits per heavy atom. The van der Waals surface area contributed by atoms with Gasteiger partial charge in [-0.15, -0.1) is 0 Å². The summed E-state index contributed by atoms with van der Waals surface area (Å²) in [6, 6.07) is 0. The fourth-order valence-electron chi connectivity index (χ4n) is 2.62. The van der Waals surface area contributed by atoms with E-state index in [-0.39, 0.29) is 6.42 Å². The van der Waals surface area contributed by atoms with Gasteiger partial charge in [0.25, 0.3) is 5.91 Å². The first-order valence-corrected chi connectivity index (χ1v) is 9.20. The van der Waals surface area contributed by atoms with E-state index in [2.05, 4.69) is 6.92 Å². The van der Waals surface area contributed by atoms with E-state index in [9.17, 15) is 19.8 Å². The van der Waals surface area contributed by atoms with Gasteiger partial charge in [0.2, 0.25) is 5.78 Å². The highest BCUT2D eigenvalue weighted by molar-refractivity contribution is 6.06. The van der Waals surface area contributed by atoms with Gasteiger partial charge in [-0.2, -0.15) is 0 Å². The Hall–Kier alpha value is -0.940. The van der Waals surface area contributed by atoms with Gasteiger partial charge >= 0.3 is 5.79 Å². The summed E-state index contributed by atoms with van der Waals surface area (Å²) in [6.45, 7) is 2.23. The third-order valence-corrected chi connectivity index (χ3v) is 4.24. The largest absolute Gasteiger partial charge is 0.365 e. The molecule has 0 aromatic heterocycles. The van der Waals surface area contributed by atoms with E-state index in [1.807, 2.05) is 0 Å². The molecule has 1 amide bonds. The summed E-state index contributed by atoms with van der Waals surface area (Å²) in [5.74, 6) is -5.32. The van der Waals surface area contributed by atoms with Crippen molar-refractivity contribution in [1.29, 1.82) is 0 Å². The summed E-state index contributed by atoms with van der Waals surface area (Å²) in [5, 5.41) is 18.4. The Labute approximate surface area is 140 Å². The van der Waals surface area contributed by atoms with Crippen LogP contribution in [-0.2, 0) is 9.59 Å². The average molecular weight is 329 g/mol. The summed E-state index contributed by atoms with van der Waals surface area (Å²) in [6.07, 6.45) is 15.4. The Balaban J connectivity index is 3.34. The van der Waals surface area contributed by atoms with Crippen molar-refractivity contribution in [3.63, 3.8) is 0 Å². The number of Topliss-reactive ketones (excluding diaryl/α,β-unsaturated/α-hetero) is 1. The fourth-order valence-corrected chi connectivity index (χ4v) is 2.62. The molecule has 0 unspecified atom stereocenters. The molecule has 0 atom stereocenters. The Kier molecular flexibility index (Phi) is 12.9. The van der Waals surface area contributed by atoms with E-state index >= 15 is 0 Å². The standard InChI is InChI=1S/C18H35NO4/c1-2-3-4-5-6-7-8-9-10-11-12-13-14-15-16(20)18(22,23)17(19)21/h22-23H,2-15H2,1H3,(H2,19,21). The van der Waals surface area contributed by atoms with Crippen LogP contribution in [0.2, 0.25) is 0 Å². The first kappa shape index (κ1) is 22.1. The van der Waals surface area contributed by atoms with Crippen LogP contribution in [0.3, 0.4) is 0 Å². The molecule has 23 heavy (non-hydrogen) atoms. The van der Waals surface area contributed by atoms with Crippen LogP contribution in [-0.4, -0.2) is 27.7 Å². The van der Waals surface area contributed by atoms with Gasteiger partial charge in [-0.1, -0.05) is 84.0 Å². The summed E-state index contributed by atoms with van der Waals surface area (Å²) < 4.78 is 0. The van der Waals surface area contributed by atoms with Crippen LogP contribution in [0, 0.1) is 0 Å². The second-order valence-electron chi connectivity index (χ2n) is 6.45. The van der Waals surface area contributed by atoms with Crippen molar-refractivity contribution in [2.45, 2.75) is 103 Å². The van der Waals surface area contributed by atoms with Crippen LogP contribution in [0.5, 0.6) is 0 Å². The molecule has 0 saturated heterocycles. The predicted molar refractivity (Wildman–Crippen MR) is 91.7 cm³/mol. The van der Waals surface area contributed by atoms with Crippen LogP contribution in [0.4, 0.5) is 0 Å². The number of primary amides is 1.